The molecule has 2 nitrogen and oxygen atoms in total. The van der Waals surface area contributed by atoms with Crippen molar-refractivity contribution < 1.29 is 0 Å². The molecule has 0 bridgehead atoms. The van der Waals surface area contributed by atoms with Gasteiger partial charge in [0.1, 0.15) is 0 Å². The maximum atomic E-state index is 2.66. The van der Waals surface area contributed by atoms with Gasteiger partial charge < -0.3 is 4.57 Å². The Balaban J connectivity index is 1.51. The van der Waals surface area contributed by atoms with E-state index in [-0.39, 0.29) is 0 Å². The van der Waals surface area contributed by atoms with Crippen LogP contribution in [0.4, 0.5) is 0 Å². The normalized spacial score (nSPS) is 14.1. The van der Waals surface area contributed by atoms with E-state index in [9.17, 15) is 0 Å². The Bertz CT molecular complexity index is 873. The van der Waals surface area contributed by atoms with E-state index in [2.05, 4.69) is 90.2 Å². The summed E-state index contributed by atoms with van der Waals surface area (Å²) in [7, 11) is 0. The van der Waals surface area contributed by atoms with Crippen LogP contribution in [0.3, 0.4) is 0 Å². The molecule has 2 aromatic carbocycles. The predicted octanol–water partition coefficient (Wildman–Crippen LogP) is 5.32. The van der Waals surface area contributed by atoms with E-state index in [0.717, 1.165) is 25.7 Å². The fourth-order valence-corrected chi connectivity index (χ4v) is 3.69. The largest absolute Gasteiger partial charge is 0.346 e. The summed E-state index contributed by atoms with van der Waals surface area (Å²) >= 11 is 0. The lowest BCUT2D eigenvalue weighted by molar-refractivity contribution is 0.239. The van der Waals surface area contributed by atoms with Crippen molar-refractivity contribution in [2.24, 2.45) is 0 Å². The Labute approximate surface area is 157 Å². The van der Waals surface area contributed by atoms with Crippen LogP contribution in [-0.4, -0.2) is 15.5 Å². The van der Waals surface area contributed by atoms with E-state index in [1.165, 1.54) is 40.8 Å². The molecule has 0 unspecified atom stereocenters. The minimum atomic E-state index is 0.747. The molecule has 1 aliphatic carbocycles. The first-order valence-electron chi connectivity index (χ1n) is 9.68. The summed E-state index contributed by atoms with van der Waals surface area (Å²) in [6.07, 6.45) is 4.90. The second kappa shape index (κ2) is 7.51. The molecule has 2 heteroatoms. The van der Waals surface area contributed by atoms with E-state index in [0.29, 0.717) is 0 Å². The van der Waals surface area contributed by atoms with Gasteiger partial charge in [-0.1, -0.05) is 48.5 Å². The van der Waals surface area contributed by atoms with E-state index < -0.39 is 0 Å². The second-order valence-electron chi connectivity index (χ2n) is 7.62. The van der Waals surface area contributed by atoms with Gasteiger partial charge in [0.05, 0.1) is 0 Å². The van der Waals surface area contributed by atoms with Crippen molar-refractivity contribution in [3.8, 4) is 0 Å². The molecule has 4 rings (SSSR count). The standard InChI is InChI=1S/C24H28N2/c1-19-8-3-5-10-21(19)16-25-15-7-12-24(25)18-26(23-13-14-23)17-22-11-6-4-9-20(22)2/h3-12,15,23H,13-14,16-18H2,1-2H3. The highest BCUT2D eigenvalue weighted by atomic mass is 15.2. The maximum absolute atomic E-state index is 2.66. The van der Waals surface area contributed by atoms with E-state index in [4.69, 9.17) is 0 Å². The Morgan fingerprint density at radius 3 is 2.12 bits per heavy atom. The monoisotopic (exact) mass is 344 g/mol. The third-order valence-electron chi connectivity index (χ3n) is 5.59. The molecule has 134 valence electrons. The van der Waals surface area contributed by atoms with Crippen molar-refractivity contribution in [3.05, 3.63) is 94.8 Å². The van der Waals surface area contributed by atoms with Gasteiger partial charge in [-0.05, 0) is 61.1 Å². The number of aryl methyl sites for hydroxylation is 2. The summed E-state index contributed by atoms with van der Waals surface area (Å²) in [6.45, 7) is 7.46. The predicted molar refractivity (Wildman–Crippen MR) is 108 cm³/mol. The molecular formula is C24H28N2. The number of hydrogen-bond donors (Lipinski definition) is 0. The van der Waals surface area contributed by atoms with Gasteiger partial charge in [0.15, 0.2) is 0 Å². The second-order valence-corrected chi connectivity index (χ2v) is 7.62. The molecule has 1 fully saturated rings. The van der Waals surface area contributed by atoms with Gasteiger partial charge in [0.2, 0.25) is 0 Å². The van der Waals surface area contributed by atoms with Gasteiger partial charge in [-0.3, -0.25) is 4.90 Å². The maximum Gasteiger partial charge on any atom is 0.0476 e. The molecule has 1 aliphatic rings. The highest BCUT2D eigenvalue weighted by Gasteiger charge is 2.29. The lowest BCUT2D eigenvalue weighted by Gasteiger charge is -2.24. The van der Waals surface area contributed by atoms with Gasteiger partial charge in [0, 0.05) is 37.6 Å². The first kappa shape index (κ1) is 17.1. The highest BCUT2D eigenvalue weighted by Crippen LogP contribution is 2.30. The smallest absolute Gasteiger partial charge is 0.0476 e. The number of hydrogen-bond acceptors (Lipinski definition) is 1. The zero-order valence-electron chi connectivity index (χ0n) is 15.9. The van der Waals surface area contributed by atoms with Crippen LogP contribution in [0.15, 0.2) is 66.9 Å². The molecule has 0 saturated heterocycles. The fourth-order valence-electron chi connectivity index (χ4n) is 3.69. The minimum absolute atomic E-state index is 0.747. The van der Waals surface area contributed by atoms with Crippen molar-refractivity contribution in [2.45, 2.75) is 52.4 Å². The Morgan fingerprint density at radius 1 is 0.808 bits per heavy atom. The van der Waals surface area contributed by atoms with E-state index in [1.54, 1.807) is 0 Å². The average Bonchev–Trinajstić information content (AvgIpc) is 3.40. The highest BCUT2D eigenvalue weighted by molar-refractivity contribution is 5.27. The molecule has 0 aliphatic heterocycles. The molecule has 1 heterocycles. The molecule has 1 saturated carbocycles. The van der Waals surface area contributed by atoms with Crippen LogP contribution in [0.1, 0.15) is 40.8 Å². The molecule has 1 aromatic heterocycles. The molecule has 3 aromatic rings. The quantitative estimate of drug-likeness (QED) is 0.563. The van der Waals surface area contributed by atoms with Crippen LogP contribution >= 0.6 is 0 Å². The summed E-state index contributed by atoms with van der Waals surface area (Å²) in [5, 5.41) is 0. The first-order chi connectivity index (χ1) is 12.7. The molecular weight excluding hydrogens is 316 g/mol. The summed E-state index contributed by atoms with van der Waals surface area (Å²) in [4.78, 5) is 2.66. The molecule has 0 spiro atoms. The van der Waals surface area contributed by atoms with Crippen molar-refractivity contribution >= 4 is 0 Å². The fraction of sp³-hybridized carbons (Fsp3) is 0.333. The summed E-state index contributed by atoms with van der Waals surface area (Å²) in [6, 6.07) is 22.7. The third-order valence-corrected chi connectivity index (χ3v) is 5.59. The lowest BCUT2D eigenvalue weighted by atomic mass is 10.1. The Kier molecular flexibility index (Phi) is 4.94. The van der Waals surface area contributed by atoms with Gasteiger partial charge in [-0.2, -0.15) is 0 Å². The SMILES string of the molecule is Cc1ccccc1CN(Cc1cccn1Cc1ccccc1C)C1CC1. The van der Waals surface area contributed by atoms with Crippen LogP contribution in [0, 0.1) is 13.8 Å². The molecule has 0 amide bonds. The van der Waals surface area contributed by atoms with Crippen LogP contribution in [-0.2, 0) is 19.6 Å². The van der Waals surface area contributed by atoms with Crippen molar-refractivity contribution in [2.75, 3.05) is 0 Å². The van der Waals surface area contributed by atoms with Gasteiger partial charge >= 0.3 is 0 Å². The molecule has 26 heavy (non-hydrogen) atoms. The zero-order chi connectivity index (χ0) is 17.9. The summed E-state index contributed by atoms with van der Waals surface area (Å²) in [5.41, 5.74) is 7.03. The Hall–Kier alpha value is -2.32. The number of nitrogens with zero attached hydrogens (tertiary/aromatic N) is 2. The summed E-state index contributed by atoms with van der Waals surface area (Å²) in [5.74, 6) is 0. The van der Waals surface area contributed by atoms with Crippen LogP contribution in [0.5, 0.6) is 0 Å². The van der Waals surface area contributed by atoms with Gasteiger partial charge in [0.25, 0.3) is 0 Å². The van der Waals surface area contributed by atoms with Crippen molar-refractivity contribution in [1.29, 1.82) is 0 Å². The number of benzene rings is 2. The number of rotatable bonds is 7. The molecule has 0 radical (unpaired) electrons. The first-order valence-corrected chi connectivity index (χ1v) is 9.68. The lowest BCUT2D eigenvalue weighted by Crippen LogP contribution is -2.26. The zero-order valence-corrected chi connectivity index (χ0v) is 15.9. The third kappa shape index (κ3) is 3.91. The Morgan fingerprint density at radius 2 is 1.46 bits per heavy atom. The molecule has 0 N–H and O–H groups in total. The van der Waals surface area contributed by atoms with Gasteiger partial charge in [-0.15, -0.1) is 0 Å². The van der Waals surface area contributed by atoms with Crippen LogP contribution < -0.4 is 0 Å². The van der Waals surface area contributed by atoms with E-state index in [1.807, 2.05) is 0 Å². The van der Waals surface area contributed by atoms with Crippen molar-refractivity contribution in [3.63, 3.8) is 0 Å². The summed E-state index contributed by atoms with van der Waals surface area (Å²) < 4.78 is 2.41. The topological polar surface area (TPSA) is 8.17 Å². The number of aromatic nitrogens is 1. The van der Waals surface area contributed by atoms with Crippen molar-refractivity contribution in [1.82, 2.24) is 9.47 Å². The molecule has 0 atom stereocenters. The van der Waals surface area contributed by atoms with Gasteiger partial charge in [-0.25, -0.2) is 0 Å². The minimum Gasteiger partial charge on any atom is -0.346 e. The van der Waals surface area contributed by atoms with Crippen LogP contribution in [0.25, 0.3) is 0 Å². The van der Waals surface area contributed by atoms with Crippen LogP contribution in [0.2, 0.25) is 0 Å². The average molecular weight is 345 g/mol. The van der Waals surface area contributed by atoms with E-state index >= 15 is 0 Å².